The van der Waals surface area contributed by atoms with Gasteiger partial charge in [0.25, 0.3) is 0 Å². The van der Waals surface area contributed by atoms with Crippen LogP contribution in [0.5, 0.6) is 0 Å². The average molecular weight is 303 g/mol. The van der Waals surface area contributed by atoms with Gasteiger partial charge in [-0.1, -0.05) is 18.2 Å². The standard InChI is InChI=1S/C16H21N3O3/c1-12(11-21-2)17-14(20)9-6-10-15-18-19-16(22-15)13-7-4-3-5-8-13/h3-5,7-8,12H,6,9-11H2,1-2H3,(H,17,20). The lowest BCUT2D eigenvalue weighted by molar-refractivity contribution is -0.122. The number of benzene rings is 1. The van der Waals surface area contributed by atoms with Crippen molar-refractivity contribution >= 4 is 5.91 Å². The summed E-state index contributed by atoms with van der Waals surface area (Å²) in [6.45, 7) is 2.42. The molecule has 6 heteroatoms. The van der Waals surface area contributed by atoms with Crippen molar-refractivity contribution in [2.45, 2.75) is 32.2 Å². The molecule has 1 heterocycles. The molecule has 0 bridgehead atoms. The van der Waals surface area contributed by atoms with Gasteiger partial charge in [0.15, 0.2) is 0 Å². The van der Waals surface area contributed by atoms with Gasteiger partial charge in [0.05, 0.1) is 6.61 Å². The summed E-state index contributed by atoms with van der Waals surface area (Å²) in [4.78, 5) is 11.7. The van der Waals surface area contributed by atoms with Gasteiger partial charge < -0.3 is 14.5 Å². The number of ether oxygens (including phenoxy) is 1. The maximum atomic E-state index is 11.7. The molecule has 1 aromatic heterocycles. The SMILES string of the molecule is COCC(C)NC(=O)CCCc1nnc(-c2ccccc2)o1. The van der Waals surface area contributed by atoms with E-state index in [1.807, 2.05) is 37.3 Å². The number of carbonyl (C=O) groups is 1. The Balaban J connectivity index is 1.76. The number of rotatable bonds is 8. The molecule has 22 heavy (non-hydrogen) atoms. The molecule has 0 aliphatic rings. The molecule has 1 N–H and O–H groups in total. The number of amides is 1. The second kappa shape index (κ2) is 8.29. The number of nitrogens with one attached hydrogen (secondary N) is 1. The highest BCUT2D eigenvalue weighted by molar-refractivity contribution is 5.76. The van der Waals surface area contributed by atoms with Crippen LogP contribution < -0.4 is 5.32 Å². The molecule has 118 valence electrons. The summed E-state index contributed by atoms with van der Waals surface area (Å²) in [6, 6.07) is 9.63. The van der Waals surface area contributed by atoms with Gasteiger partial charge in [-0.3, -0.25) is 4.79 Å². The van der Waals surface area contributed by atoms with E-state index in [4.69, 9.17) is 9.15 Å². The monoisotopic (exact) mass is 303 g/mol. The van der Waals surface area contributed by atoms with Crippen LogP contribution in [0.2, 0.25) is 0 Å². The third-order valence-corrected chi connectivity index (χ3v) is 3.11. The molecule has 1 amide bonds. The maximum Gasteiger partial charge on any atom is 0.247 e. The van der Waals surface area contributed by atoms with Crippen LogP contribution in [0.1, 0.15) is 25.7 Å². The molecule has 0 radical (unpaired) electrons. The Morgan fingerprint density at radius 2 is 2.09 bits per heavy atom. The van der Waals surface area contributed by atoms with Crippen molar-refractivity contribution in [2.75, 3.05) is 13.7 Å². The van der Waals surface area contributed by atoms with Crippen molar-refractivity contribution < 1.29 is 13.9 Å². The van der Waals surface area contributed by atoms with Gasteiger partial charge in [-0.15, -0.1) is 10.2 Å². The molecular weight excluding hydrogens is 282 g/mol. The van der Waals surface area contributed by atoms with E-state index in [0.29, 0.717) is 37.7 Å². The molecule has 6 nitrogen and oxygen atoms in total. The van der Waals surface area contributed by atoms with Crippen molar-refractivity contribution in [1.29, 1.82) is 0 Å². The fourth-order valence-electron chi connectivity index (χ4n) is 2.09. The van der Waals surface area contributed by atoms with Crippen LogP contribution in [-0.4, -0.2) is 35.9 Å². The first-order valence-corrected chi connectivity index (χ1v) is 7.35. The zero-order valence-corrected chi connectivity index (χ0v) is 12.9. The molecular formula is C16H21N3O3. The number of aryl methyl sites for hydroxylation is 1. The molecule has 2 aromatic rings. The van der Waals surface area contributed by atoms with E-state index in [1.165, 1.54) is 0 Å². The Labute approximate surface area is 129 Å². The Morgan fingerprint density at radius 1 is 1.32 bits per heavy atom. The van der Waals surface area contributed by atoms with Crippen LogP contribution in [0.3, 0.4) is 0 Å². The van der Waals surface area contributed by atoms with E-state index in [1.54, 1.807) is 7.11 Å². The topological polar surface area (TPSA) is 77.2 Å². The smallest absolute Gasteiger partial charge is 0.247 e. The largest absolute Gasteiger partial charge is 0.421 e. The number of nitrogens with zero attached hydrogens (tertiary/aromatic N) is 2. The lowest BCUT2D eigenvalue weighted by atomic mass is 10.2. The summed E-state index contributed by atoms with van der Waals surface area (Å²) in [5, 5.41) is 10.9. The van der Waals surface area contributed by atoms with Crippen molar-refractivity contribution in [2.24, 2.45) is 0 Å². The number of carbonyl (C=O) groups excluding carboxylic acids is 1. The van der Waals surface area contributed by atoms with Gasteiger partial charge in [0.1, 0.15) is 0 Å². The normalized spacial score (nSPS) is 12.1. The molecule has 0 aliphatic carbocycles. The highest BCUT2D eigenvalue weighted by Crippen LogP contribution is 2.17. The fraction of sp³-hybridized carbons (Fsp3) is 0.438. The molecule has 1 atom stereocenters. The lowest BCUT2D eigenvalue weighted by Crippen LogP contribution is -2.35. The van der Waals surface area contributed by atoms with E-state index < -0.39 is 0 Å². The van der Waals surface area contributed by atoms with Crippen molar-refractivity contribution in [3.8, 4) is 11.5 Å². The van der Waals surface area contributed by atoms with Gasteiger partial charge in [-0.25, -0.2) is 0 Å². The molecule has 1 unspecified atom stereocenters. The minimum Gasteiger partial charge on any atom is -0.421 e. The summed E-state index contributed by atoms with van der Waals surface area (Å²) in [5.74, 6) is 1.07. The summed E-state index contributed by atoms with van der Waals surface area (Å²) >= 11 is 0. The van der Waals surface area contributed by atoms with Crippen LogP contribution in [0.4, 0.5) is 0 Å². The molecule has 0 saturated carbocycles. The van der Waals surface area contributed by atoms with Gasteiger partial charge in [-0.2, -0.15) is 0 Å². The second-order valence-corrected chi connectivity index (χ2v) is 5.14. The molecule has 0 aliphatic heterocycles. The van der Waals surface area contributed by atoms with E-state index >= 15 is 0 Å². The highest BCUT2D eigenvalue weighted by atomic mass is 16.5. The van der Waals surface area contributed by atoms with Gasteiger partial charge in [0.2, 0.25) is 17.7 Å². The third-order valence-electron chi connectivity index (χ3n) is 3.11. The van der Waals surface area contributed by atoms with Crippen molar-refractivity contribution in [1.82, 2.24) is 15.5 Å². The lowest BCUT2D eigenvalue weighted by Gasteiger charge is -2.12. The summed E-state index contributed by atoms with van der Waals surface area (Å²) in [6.07, 6.45) is 1.69. The Hall–Kier alpha value is -2.21. The van der Waals surface area contributed by atoms with Gasteiger partial charge >= 0.3 is 0 Å². The summed E-state index contributed by atoms with van der Waals surface area (Å²) < 4.78 is 10.6. The van der Waals surface area contributed by atoms with Crippen LogP contribution in [0.25, 0.3) is 11.5 Å². The highest BCUT2D eigenvalue weighted by Gasteiger charge is 2.10. The predicted octanol–water partition coefficient (Wildman–Crippen LogP) is 2.21. The van der Waals surface area contributed by atoms with Crippen LogP contribution >= 0.6 is 0 Å². The van der Waals surface area contributed by atoms with E-state index in [0.717, 1.165) is 5.56 Å². The summed E-state index contributed by atoms with van der Waals surface area (Å²) in [7, 11) is 1.61. The molecule has 1 aromatic carbocycles. The number of aromatic nitrogens is 2. The van der Waals surface area contributed by atoms with Gasteiger partial charge in [0, 0.05) is 31.6 Å². The van der Waals surface area contributed by atoms with Crippen molar-refractivity contribution in [3.05, 3.63) is 36.2 Å². The van der Waals surface area contributed by atoms with E-state index in [9.17, 15) is 4.79 Å². The first-order valence-electron chi connectivity index (χ1n) is 7.35. The number of hydrogen-bond acceptors (Lipinski definition) is 5. The minimum absolute atomic E-state index is 0.00680. The first kappa shape index (κ1) is 16.2. The minimum atomic E-state index is 0.00680. The van der Waals surface area contributed by atoms with Crippen LogP contribution in [0, 0.1) is 0 Å². The van der Waals surface area contributed by atoms with Crippen LogP contribution in [0.15, 0.2) is 34.7 Å². The second-order valence-electron chi connectivity index (χ2n) is 5.14. The van der Waals surface area contributed by atoms with Crippen LogP contribution in [-0.2, 0) is 16.0 Å². The van der Waals surface area contributed by atoms with E-state index in [-0.39, 0.29) is 11.9 Å². The maximum absolute atomic E-state index is 11.7. The Morgan fingerprint density at radius 3 is 2.82 bits per heavy atom. The quantitative estimate of drug-likeness (QED) is 0.809. The zero-order valence-electron chi connectivity index (χ0n) is 12.9. The van der Waals surface area contributed by atoms with Gasteiger partial charge in [-0.05, 0) is 25.5 Å². The third kappa shape index (κ3) is 4.96. The molecule has 2 rings (SSSR count). The predicted molar refractivity (Wildman–Crippen MR) is 82.2 cm³/mol. The van der Waals surface area contributed by atoms with Crippen molar-refractivity contribution in [3.63, 3.8) is 0 Å². The molecule has 0 fully saturated rings. The zero-order chi connectivity index (χ0) is 15.8. The number of hydrogen-bond donors (Lipinski definition) is 1. The molecule has 0 saturated heterocycles. The Kier molecular flexibility index (Phi) is 6.09. The number of methoxy groups -OCH3 is 1. The molecule has 0 spiro atoms. The fourth-order valence-corrected chi connectivity index (χ4v) is 2.09. The average Bonchev–Trinajstić information content (AvgIpc) is 2.97. The first-order chi connectivity index (χ1) is 10.7. The Bertz CT molecular complexity index is 583. The summed E-state index contributed by atoms with van der Waals surface area (Å²) in [5.41, 5.74) is 0.896. The van der Waals surface area contributed by atoms with E-state index in [2.05, 4.69) is 15.5 Å².